The second-order valence-corrected chi connectivity index (χ2v) is 5.66. The van der Waals surface area contributed by atoms with E-state index in [2.05, 4.69) is 47.4 Å². The molecule has 0 amide bonds. The fraction of sp³-hybridized carbons (Fsp3) is 0.357. The molecule has 0 bridgehead atoms. The zero-order valence-electron chi connectivity index (χ0n) is 10.9. The van der Waals surface area contributed by atoms with Crippen LogP contribution in [0.1, 0.15) is 29.1 Å². The number of rotatable bonds is 4. The summed E-state index contributed by atoms with van der Waals surface area (Å²) < 4.78 is 0. The maximum Gasteiger partial charge on any atom is 0.129 e. The van der Waals surface area contributed by atoms with Crippen LogP contribution in [0.5, 0.6) is 0 Å². The Hall–Kier alpha value is -1.06. The second-order valence-electron chi connectivity index (χ2n) is 4.41. The molecule has 18 heavy (non-hydrogen) atoms. The standard InChI is InChI=1S/C14H17ClN2S/c1-10-7-12(9-15)8-14(16-10)17(3)11(2)13-5-4-6-18-13/h4-8,11H,9H2,1-3H3. The number of hydrogen-bond acceptors (Lipinski definition) is 3. The van der Waals surface area contributed by atoms with Crippen LogP contribution in [0, 0.1) is 6.92 Å². The third-order valence-electron chi connectivity index (χ3n) is 3.05. The van der Waals surface area contributed by atoms with Gasteiger partial charge < -0.3 is 4.90 Å². The molecule has 0 radical (unpaired) electrons. The van der Waals surface area contributed by atoms with Crippen molar-refractivity contribution in [2.24, 2.45) is 0 Å². The zero-order valence-corrected chi connectivity index (χ0v) is 12.4. The van der Waals surface area contributed by atoms with Gasteiger partial charge in [-0.1, -0.05) is 6.07 Å². The largest absolute Gasteiger partial charge is 0.352 e. The summed E-state index contributed by atoms with van der Waals surface area (Å²) in [7, 11) is 2.07. The second kappa shape index (κ2) is 5.72. The van der Waals surface area contributed by atoms with Crippen molar-refractivity contribution in [1.29, 1.82) is 0 Å². The number of pyridine rings is 1. The Morgan fingerprint density at radius 2 is 2.22 bits per heavy atom. The van der Waals surface area contributed by atoms with Crippen molar-refractivity contribution in [3.8, 4) is 0 Å². The SMILES string of the molecule is Cc1cc(CCl)cc(N(C)C(C)c2cccs2)n1. The Morgan fingerprint density at radius 3 is 2.83 bits per heavy atom. The molecule has 2 aromatic heterocycles. The van der Waals surface area contributed by atoms with Crippen molar-refractivity contribution in [3.63, 3.8) is 0 Å². The highest BCUT2D eigenvalue weighted by Crippen LogP contribution is 2.27. The van der Waals surface area contributed by atoms with Gasteiger partial charge in [-0.05, 0) is 43.0 Å². The maximum atomic E-state index is 5.91. The fourth-order valence-electron chi connectivity index (χ4n) is 1.90. The molecule has 2 heterocycles. The van der Waals surface area contributed by atoms with Gasteiger partial charge in [-0.25, -0.2) is 4.98 Å². The van der Waals surface area contributed by atoms with Gasteiger partial charge in [-0.3, -0.25) is 0 Å². The number of nitrogens with zero attached hydrogens (tertiary/aromatic N) is 2. The predicted molar refractivity (Wildman–Crippen MR) is 79.7 cm³/mol. The molecule has 1 atom stereocenters. The zero-order chi connectivity index (χ0) is 13.1. The highest BCUT2D eigenvalue weighted by molar-refractivity contribution is 7.10. The lowest BCUT2D eigenvalue weighted by Gasteiger charge is -2.25. The van der Waals surface area contributed by atoms with Crippen molar-refractivity contribution in [1.82, 2.24) is 4.98 Å². The molecule has 0 saturated carbocycles. The lowest BCUT2D eigenvalue weighted by atomic mass is 10.2. The molecule has 0 aromatic carbocycles. The number of hydrogen-bond donors (Lipinski definition) is 0. The highest BCUT2D eigenvalue weighted by Gasteiger charge is 2.15. The molecule has 0 aliphatic rings. The number of aryl methyl sites for hydroxylation is 1. The summed E-state index contributed by atoms with van der Waals surface area (Å²) in [5.41, 5.74) is 2.12. The quantitative estimate of drug-likeness (QED) is 0.772. The number of anilines is 1. The molecule has 0 spiro atoms. The maximum absolute atomic E-state index is 5.91. The minimum absolute atomic E-state index is 0.322. The van der Waals surface area contributed by atoms with Crippen LogP contribution < -0.4 is 4.90 Å². The van der Waals surface area contributed by atoms with Gasteiger partial charge in [0.25, 0.3) is 0 Å². The van der Waals surface area contributed by atoms with E-state index in [1.54, 1.807) is 11.3 Å². The Kier molecular flexibility index (Phi) is 4.25. The lowest BCUT2D eigenvalue weighted by molar-refractivity contribution is 0.740. The van der Waals surface area contributed by atoms with Gasteiger partial charge in [-0.2, -0.15) is 0 Å². The molecule has 0 N–H and O–H groups in total. The molecule has 0 saturated heterocycles. The van der Waals surface area contributed by atoms with Gasteiger partial charge in [0.2, 0.25) is 0 Å². The Bertz CT molecular complexity index is 511. The molecule has 96 valence electrons. The normalized spacial score (nSPS) is 12.4. The molecule has 0 aliphatic heterocycles. The number of alkyl halides is 1. The van der Waals surface area contributed by atoms with E-state index in [4.69, 9.17) is 11.6 Å². The summed E-state index contributed by atoms with van der Waals surface area (Å²) in [5, 5.41) is 2.10. The Morgan fingerprint density at radius 1 is 1.44 bits per heavy atom. The number of halogens is 1. The summed E-state index contributed by atoms with van der Waals surface area (Å²) in [4.78, 5) is 8.11. The van der Waals surface area contributed by atoms with Crippen LogP contribution in [-0.2, 0) is 5.88 Å². The molecular weight excluding hydrogens is 264 g/mol. The van der Waals surface area contributed by atoms with Gasteiger partial charge in [0, 0.05) is 23.5 Å². The van der Waals surface area contributed by atoms with Gasteiger partial charge in [0.05, 0.1) is 6.04 Å². The van der Waals surface area contributed by atoms with Crippen molar-refractivity contribution in [2.45, 2.75) is 25.8 Å². The first kappa shape index (κ1) is 13.4. The molecular formula is C14H17ClN2S. The van der Waals surface area contributed by atoms with Crippen LogP contribution in [0.25, 0.3) is 0 Å². The summed E-state index contributed by atoms with van der Waals surface area (Å²) in [6, 6.07) is 8.65. The first-order valence-electron chi connectivity index (χ1n) is 5.91. The third kappa shape index (κ3) is 2.85. The van der Waals surface area contributed by atoms with E-state index in [0.717, 1.165) is 17.1 Å². The molecule has 2 rings (SSSR count). The molecule has 2 aromatic rings. The fourth-order valence-corrected chi connectivity index (χ4v) is 2.88. The van der Waals surface area contributed by atoms with Crippen LogP contribution in [-0.4, -0.2) is 12.0 Å². The topological polar surface area (TPSA) is 16.1 Å². The van der Waals surface area contributed by atoms with E-state index in [9.17, 15) is 0 Å². The average molecular weight is 281 g/mol. The Balaban J connectivity index is 2.28. The molecule has 2 nitrogen and oxygen atoms in total. The van der Waals surface area contributed by atoms with E-state index in [0.29, 0.717) is 11.9 Å². The van der Waals surface area contributed by atoms with Gasteiger partial charge in [0.1, 0.15) is 5.82 Å². The van der Waals surface area contributed by atoms with E-state index in [1.807, 2.05) is 13.0 Å². The van der Waals surface area contributed by atoms with Crippen molar-refractivity contribution < 1.29 is 0 Å². The van der Waals surface area contributed by atoms with Gasteiger partial charge >= 0.3 is 0 Å². The highest BCUT2D eigenvalue weighted by atomic mass is 35.5. The summed E-state index contributed by atoms with van der Waals surface area (Å²) >= 11 is 7.68. The van der Waals surface area contributed by atoms with Gasteiger partial charge in [0.15, 0.2) is 0 Å². The van der Waals surface area contributed by atoms with Crippen molar-refractivity contribution in [3.05, 3.63) is 45.8 Å². The van der Waals surface area contributed by atoms with E-state index >= 15 is 0 Å². The third-order valence-corrected chi connectivity index (χ3v) is 4.40. The molecule has 4 heteroatoms. The molecule has 1 unspecified atom stereocenters. The first-order valence-corrected chi connectivity index (χ1v) is 7.33. The summed E-state index contributed by atoms with van der Waals surface area (Å²) in [5.74, 6) is 1.50. The van der Waals surface area contributed by atoms with E-state index in [1.165, 1.54) is 4.88 Å². The van der Waals surface area contributed by atoms with Crippen LogP contribution in [0.4, 0.5) is 5.82 Å². The minimum Gasteiger partial charge on any atom is -0.352 e. The first-order chi connectivity index (χ1) is 8.61. The van der Waals surface area contributed by atoms with Crippen molar-refractivity contribution >= 4 is 28.8 Å². The van der Waals surface area contributed by atoms with Crippen LogP contribution in [0.2, 0.25) is 0 Å². The molecule has 0 aliphatic carbocycles. The van der Waals surface area contributed by atoms with E-state index in [-0.39, 0.29) is 0 Å². The summed E-state index contributed by atoms with van der Waals surface area (Å²) in [6.45, 7) is 4.19. The summed E-state index contributed by atoms with van der Waals surface area (Å²) in [6.07, 6.45) is 0. The van der Waals surface area contributed by atoms with Crippen LogP contribution in [0.3, 0.4) is 0 Å². The molecule has 0 fully saturated rings. The monoisotopic (exact) mass is 280 g/mol. The number of thiophene rings is 1. The van der Waals surface area contributed by atoms with E-state index < -0.39 is 0 Å². The number of aromatic nitrogens is 1. The smallest absolute Gasteiger partial charge is 0.129 e. The van der Waals surface area contributed by atoms with Gasteiger partial charge in [-0.15, -0.1) is 22.9 Å². The Labute approximate surface area is 117 Å². The van der Waals surface area contributed by atoms with Crippen LogP contribution >= 0.6 is 22.9 Å². The van der Waals surface area contributed by atoms with Crippen molar-refractivity contribution in [2.75, 3.05) is 11.9 Å². The van der Waals surface area contributed by atoms with Crippen LogP contribution in [0.15, 0.2) is 29.6 Å². The minimum atomic E-state index is 0.322. The predicted octanol–water partition coefficient (Wildman–Crippen LogP) is 4.39. The lowest BCUT2D eigenvalue weighted by Crippen LogP contribution is -2.22. The average Bonchev–Trinajstić information content (AvgIpc) is 2.90.